The molecule has 4 aromatic carbocycles. The number of hydrogen-bond acceptors (Lipinski definition) is 28. The Bertz CT molecular complexity index is 6220. The van der Waals surface area contributed by atoms with Gasteiger partial charge in [0.2, 0.25) is 10.0 Å². The Hall–Kier alpha value is -13.5. The van der Waals surface area contributed by atoms with Crippen molar-refractivity contribution in [1.29, 1.82) is 0 Å². The Morgan fingerprint density at radius 2 is 0.672 bits per heavy atom. The van der Waals surface area contributed by atoms with Gasteiger partial charge in [-0.1, -0.05) is 113 Å². The fourth-order valence-corrected chi connectivity index (χ4v) is 13.5. The zero-order valence-corrected chi connectivity index (χ0v) is 73.5. The maximum atomic E-state index is 13.3. The van der Waals surface area contributed by atoms with Crippen LogP contribution in [0.1, 0.15) is 87.8 Å². The molecule has 0 aliphatic heterocycles. The van der Waals surface area contributed by atoms with Crippen molar-refractivity contribution in [1.82, 2.24) is 38.2 Å². The SMILES string of the molecule is [C-]#[N+]c1nc(N=Nc2ccc(N(CC)CC)cc2N=S(=O)(CF)OC(F)F)n(C)c1[N+]#[C-].[C-]#[N+]c1nc(N=Nc2ccc(N(CC)CC)cc2N=S(=O)(OF)C(F)F)n(C)c1[N+]#[C-].[C-]#[N+]c1nc(N=Nc2ccc(N(CC)CC)cc2N=S(=O)(OF)C(F)F)n(CC)c1[N+]#[C-].[C-]#[N+]c1nc(N=Nc2ccc(N(CC)CC)cc2N=S(=O)(OF)C(F)F)n(CCCC)c1C. The van der Waals surface area contributed by atoms with Crippen LogP contribution in [0.15, 0.2) is 131 Å². The third-order valence-corrected chi connectivity index (χ3v) is 21.9. The number of azo groups is 4. The Morgan fingerprint density at radius 1 is 0.391 bits per heavy atom. The summed E-state index contributed by atoms with van der Waals surface area (Å²) in [6.45, 7) is 72.6. The Labute approximate surface area is 729 Å². The zero-order chi connectivity index (χ0) is 95.6. The summed E-state index contributed by atoms with van der Waals surface area (Å²) in [6.07, 6.45) is 1.73. The van der Waals surface area contributed by atoms with Crippen molar-refractivity contribution in [2.24, 2.45) is 72.5 Å². The summed E-state index contributed by atoms with van der Waals surface area (Å²) in [5, 5.41) is 31.5. The molecule has 0 N–H and O–H groups in total. The molecular formula is C73H81F12N31O8S4. The number of halogens is 12. The van der Waals surface area contributed by atoms with E-state index in [9.17, 15) is 69.9 Å². The first-order valence-corrected chi connectivity index (χ1v) is 43.6. The van der Waals surface area contributed by atoms with Crippen molar-refractivity contribution in [2.45, 2.75) is 126 Å². The third kappa shape index (κ3) is 26.6. The van der Waals surface area contributed by atoms with Gasteiger partial charge in [-0.3, -0.25) is 0 Å². The van der Waals surface area contributed by atoms with E-state index in [1.807, 2.05) is 81.9 Å². The van der Waals surface area contributed by atoms with Crippen LogP contribution in [0.3, 0.4) is 0 Å². The molecule has 0 saturated carbocycles. The van der Waals surface area contributed by atoms with Gasteiger partial charge in [-0.25, -0.2) is 39.1 Å². The molecule has 0 radical (unpaired) electrons. The van der Waals surface area contributed by atoms with Crippen LogP contribution in [0.2, 0.25) is 0 Å². The predicted octanol–water partition coefficient (Wildman–Crippen LogP) is 25.2. The van der Waals surface area contributed by atoms with E-state index in [4.69, 9.17) is 46.0 Å². The number of unbranched alkanes of at least 4 members (excludes halogenated alkanes) is 1. The van der Waals surface area contributed by atoms with Crippen molar-refractivity contribution in [3.8, 4) is 0 Å². The summed E-state index contributed by atoms with van der Waals surface area (Å²) in [4.78, 5) is 45.9. The van der Waals surface area contributed by atoms with E-state index in [0.29, 0.717) is 87.3 Å². The van der Waals surface area contributed by atoms with Gasteiger partial charge in [-0.05, 0) is 162 Å². The molecule has 0 aliphatic rings. The van der Waals surface area contributed by atoms with E-state index in [0.717, 1.165) is 12.8 Å². The van der Waals surface area contributed by atoms with Crippen LogP contribution < -0.4 is 19.6 Å². The minimum absolute atomic E-state index is 0.0233. The van der Waals surface area contributed by atoms with Gasteiger partial charge in [0.25, 0.3) is 70.8 Å². The number of aromatic nitrogens is 8. The van der Waals surface area contributed by atoms with Crippen LogP contribution in [-0.2, 0) is 84.6 Å². The summed E-state index contributed by atoms with van der Waals surface area (Å²) < 4.78 is 236. The molecule has 4 heterocycles. The van der Waals surface area contributed by atoms with Gasteiger partial charge in [0.1, 0.15) is 45.5 Å². The van der Waals surface area contributed by atoms with Crippen molar-refractivity contribution >= 4 is 173 Å². The molecular weight excluding hydrogens is 1800 g/mol. The zero-order valence-electron chi connectivity index (χ0n) is 70.2. The summed E-state index contributed by atoms with van der Waals surface area (Å²) in [5.41, 5.74) is 1.43. The molecule has 684 valence electrons. The molecule has 0 aliphatic carbocycles. The predicted molar refractivity (Wildman–Crippen MR) is 455 cm³/mol. The number of anilines is 4. The fraction of sp³-hybridized carbons (Fsp3) is 0.411. The molecule has 4 aromatic heterocycles. The lowest BCUT2D eigenvalue weighted by molar-refractivity contribution is -0.0421. The summed E-state index contributed by atoms with van der Waals surface area (Å²) in [7, 11) is -16.4. The molecule has 55 heteroatoms. The lowest BCUT2D eigenvalue weighted by Crippen LogP contribution is -2.21. The molecule has 0 fully saturated rings. The van der Waals surface area contributed by atoms with Crippen LogP contribution in [0, 0.1) is 52.9 Å². The summed E-state index contributed by atoms with van der Waals surface area (Å²) in [6, 6.07) is 15.8. The van der Waals surface area contributed by atoms with Gasteiger partial charge < -0.3 is 58.1 Å². The standard InChI is InChI=1S/C20H26F3N7O2S.2C18H19F3N8O2S.C17H17F3N8O2S/c1-6-9-12-30-14(4)18(24-5)25-20(30)27-26-16-11-10-15(29(7-2)8-3)13-17(16)28-33(31,32-23)19(21)22;1-6-29(7-2)12-8-9-13(14(10-12)27-32(30,11-19)31-17(20)21)25-26-18-24-15(22-3)16(23-4)28(18)5;1-6-28(7-2)12-9-10-13(14(11-12)27-32(30,31-21)17(19)20)25-26-18-24-15(22-4)16(23-5)29(18)8-3;1-6-28(7-2)11-8-9-12(13(10-11)26-31(29,30-20)16(18)19)24-25-17-23-14(21-3)15(22-4)27(17)5/h10-11,13,19H,6-9,12H2,1-4H3;8-10,17H,6-7,11H2,1-2,5H3;9-11,17H,6-8H2,1-3H3;8-10,16H,6-7H2,1-2,5H3. The molecule has 0 bridgehead atoms. The number of imidazole rings is 4. The van der Waals surface area contributed by atoms with Crippen molar-refractivity contribution in [3.05, 3.63) is 158 Å². The molecule has 0 spiro atoms. The number of benzene rings is 4. The van der Waals surface area contributed by atoms with Crippen LogP contribution in [-0.4, -0.2) is 137 Å². The number of alkyl halides is 9. The van der Waals surface area contributed by atoms with Crippen LogP contribution >= 0.6 is 0 Å². The van der Waals surface area contributed by atoms with Crippen LogP contribution in [0.4, 0.5) is 186 Å². The van der Waals surface area contributed by atoms with Gasteiger partial charge in [0, 0.05) is 87.3 Å². The van der Waals surface area contributed by atoms with E-state index >= 15 is 0 Å². The molecule has 128 heavy (non-hydrogen) atoms. The number of hydrogen-bond donors (Lipinski definition) is 0. The van der Waals surface area contributed by atoms with Crippen molar-refractivity contribution < 1.29 is 87.3 Å². The molecule has 0 saturated heterocycles. The topological polar surface area (TPSA) is 368 Å². The van der Waals surface area contributed by atoms with Gasteiger partial charge in [0.05, 0.1) is 20.6 Å². The van der Waals surface area contributed by atoms with E-state index in [2.05, 4.69) is 130 Å². The lowest BCUT2D eigenvalue weighted by Gasteiger charge is -2.21. The van der Waals surface area contributed by atoms with Gasteiger partial charge in [-0.2, -0.15) is 52.6 Å². The Morgan fingerprint density at radius 3 is 0.922 bits per heavy atom. The van der Waals surface area contributed by atoms with Crippen LogP contribution in [0.5, 0.6) is 0 Å². The molecule has 39 nitrogen and oxygen atoms in total. The highest BCUT2D eigenvalue weighted by molar-refractivity contribution is 7.90. The Balaban J connectivity index is 0.000000303. The highest BCUT2D eigenvalue weighted by Gasteiger charge is 2.31. The van der Waals surface area contributed by atoms with Crippen molar-refractivity contribution in [3.63, 3.8) is 0 Å². The monoisotopic (exact) mass is 1880 g/mol. The highest BCUT2D eigenvalue weighted by atomic mass is 32.2. The maximum Gasteiger partial charge on any atom is 0.416 e. The van der Waals surface area contributed by atoms with Crippen molar-refractivity contribution in [2.75, 3.05) is 78.0 Å². The van der Waals surface area contributed by atoms with Gasteiger partial charge >= 0.3 is 47.7 Å². The van der Waals surface area contributed by atoms with Gasteiger partial charge in [0.15, 0.2) is 6.01 Å². The highest BCUT2D eigenvalue weighted by Crippen LogP contribution is 2.44. The molecule has 0 amide bonds. The average Bonchev–Trinajstić information content (AvgIpc) is 1.26. The first-order chi connectivity index (χ1) is 61.0. The normalized spacial score (nSPS) is 13.1. The Kier molecular flexibility index (Phi) is 40.6. The van der Waals surface area contributed by atoms with E-state index in [1.54, 1.807) is 42.7 Å². The van der Waals surface area contributed by atoms with Crippen LogP contribution in [0.25, 0.3) is 33.9 Å². The molecule has 4 atom stereocenters. The molecule has 4 unspecified atom stereocenters. The quantitative estimate of drug-likeness (QED) is 0.0198. The lowest BCUT2D eigenvalue weighted by atomic mass is 10.2. The van der Waals surface area contributed by atoms with E-state index in [1.165, 1.54) is 76.3 Å². The molecule has 8 rings (SSSR count). The first kappa shape index (κ1) is 105. The third-order valence-electron chi connectivity index (χ3n) is 17.5. The van der Waals surface area contributed by atoms with E-state index in [-0.39, 0.29) is 117 Å². The molecule has 8 aromatic rings. The van der Waals surface area contributed by atoms with Gasteiger partial charge in [-0.15, -0.1) is 20.5 Å². The van der Waals surface area contributed by atoms with E-state index < -0.39 is 69.9 Å². The first-order valence-electron chi connectivity index (χ1n) is 37.4. The second-order valence-electron chi connectivity index (χ2n) is 24.8. The maximum absolute atomic E-state index is 13.3. The second kappa shape index (κ2) is 49.5. The fourth-order valence-electron chi connectivity index (χ4n) is 11.0. The minimum Gasteiger partial charge on any atom is -0.373 e. The second-order valence-corrected chi connectivity index (χ2v) is 31.6. The number of rotatable bonds is 37. The number of nitrogens with zero attached hydrogens (tertiary/aromatic N) is 31. The average molecular weight is 1880 g/mol. The minimum atomic E-state index is -4.98. The summed E-state index contributed by atoms with van der Waals surface area (Å²) in [5.74, 6) is -11.7. The largest absolute Gasteiger partial charge is 0.416 e. The summed E-state index contributed by atoms with van der Waals surface area (Å²) >= 11 is 0. The smallest absolute Gasteiger partial charge is 0.373 e.